The summed E-state index contributed by atoms with van der Waals surface area (Å²) in [6, 6.07) is 0. The molecule has 2 fully saturated rings. The number of aliphatic imine (C=N–C) groups is 1. The third-order valence-electron chi connectivity index (χ3n) is 4.81. The molecule has 2 saturated heterocycles. The lowest BCUT2D eigenvalue weighted by Gasteiger charge is -2.26. The van der Waals surface area contributed by atoms with Crippen LogP contribution in [0.1, 0.15) is 44.9 Å². The van der Waals surface area contributed by atoms with Crippen molar-refractivity contribution in [1.29, 1.82) is 0 Å². The molecular weight excluding hydrogens is 401 g/mol. The van der Waals surface area contributed by atoms with Gasteiger partial charge in [0.15, 0.2) is 5.96 Å². The fraction of sp³-hybridized carbons (Fsp3) is 0.941. The van der Waals surface area contributed by atoms with E-state index in [0.29, 0.717) is 0 Å². The Balaban J connectivity index is 0.00000264. The molecule has 0 spiro atoms. The summed E-state index contributed by atoms with van der Waals surface area (Å²) in [6.07, 6.45) is 9.67. The lowest BCUT2D eigenvalue weighted by atomic mass is 10.1. The largest absolute Gasteiger partial charge is 0.355 e. The first-order valence-electron chi connectivity index (χ1n) is 9.28. The van der Waals surface area contributed by atoms with Crippen molar-refractivity contribution in [2.24, 2.45) is 4.99 Å². The average molecular weight is 437 g/mol. The van der Waals surface area contributed by atoms with Gasteiger partial charge in [-0.15, -0.1) is 24.0 Å². The topological polar surface area (TPSA) is 42.9 Å². The molecule has 0 aromatic carbocycles. The van der Waals surface area contributed by atoms with E-state index in [4.69, 9.17) is 0 Å². The van der Waals surface area contributed by atoms with E-state index in [1.54, 1.807) is 0 Å². The van der Waals surface area contributed by atoms with E-state index in [0.717, 1.165) is 32.1 Å². The maximum Gasteiger partial charge on any atom is 0.191 e. The van der Waals surface area contributed by atoms with Crippen molar-refractivity contribution in [3.05, 3.63) is 0 Å². The molecule has 0 radical (unpaired) electrons. The van der Waals surface area contributed by atoms with E-state index < -0.39 is 0 Å². The normalized spacial score (nSPS) is 21.3. The minimum absolute atomic E-state index is 0. The first kappa shape index (κ1) is 21.0. The zero-order valence-corrected chi connectivity index (χ0v) is 17.2. The molecule has 5 nitrogen and oxygen atoms in total. The summed E-state index contributed by atoms with van der Waals surface area (Å²) in [5.41, 5.74) is 0. The van der Waals surface area contributed by atoms with E-state index in [9.17, 15) is 0 Å². The van der Waals surface area contributed by atoms with Gasteiger partial charge >= 0.3 is 0 Å². The first-order chi connectivity index (χ1) is 10.9. The smallest absolute Gasteiger partial charge is 0.191 e. The number of hydrogen-bond acceptors (Lipinski definition) is 3. The highest BCUT2D eigenvalue weighted by molar-refractivity contribution is 14.0. The lowest BCUT2D eigenvalue weighted by Crippen LogP contribution is -2.44. The highest BCUT2D eigenvalue weighted by Gasteiger charge is 2.10. The standard InChI is InChI=1S/C17H35N5.HI/c1-18-17(20-10-16-22-13-7-4-8-14-22)19-9-15-21-11-5-2-3-6-12-21;/h2-16H2,1H3,(H2,18,19,20);1H. The van der Waals surface area contributed by atoms with Crippen LogP contribution in [-0.4, -0.2) is 75.2 Å². The Morgan fingerprint density at radius 3 is 1.52 bits per heavy atom. The second-order valence-corrected chi connectivity index (χ2v) is 6.58. The molecule has 2 rings (SSSR count). The number of nitrogens with one attached hydrogen (secondary N) is 2. The van der Waals surface area contributed by atoms with E-state index in [1.165, 1.54) is 71.1 Å². The number of rotatable bonds is 6. The zero-order chi connectivity index (χ0) is 15.5. The molecule has 0 aromatic rings. The quantitative estimate of drug-likeness (QED) is 0.380. The highest BCUT2D eigenvalue weighted by atomic mass is 127. The van der Waals surface area contributed by atoms with Crippen LogP contribution in [0.15, 0.2) is 4.99 Å². The van der Waals surface area contributed by atoms with Crippen LogP contribution in [0.2, 0.25) is 0 Å². The molecule has 0 amide bonds. The number of hydrogen-bond donors (Lipinski definition) is 2. The van der Waals surface area contributed by atoms with E-state index >= 15 is 0 Å². The second-order valence-electron chi connectivity index (χ2n) is 6.58. The molecule has 0 aromatic heterocycles. The first-order valence-corrected chi connectivity index (χ1v) is 9.28. The summed E-state index contributed by atoms with van der Waals surface area (Å²) in [5.74, 6) is 0.951. The summed E-state index contributed by atoms with van der Waals surface area (Å²) in [5, 5.41) is 6.90. The maximum atomic E-state index is 4.33. The SMILES string of the molecule is CN=C(NCCN1CCCCCC1)NCCN1CCCCC1.I. The molecule has 0 unspecified atom stereocenters. The Hall–Kier alpha value is -0.0800. The van der Waals surface area contributed by atoms with Gasteiger partial charge in [-0.05, 0) is 51.9 Å². The van der Waals surface area contributed by atoms with Gasteiger partial charge in [0.1, 0.15) is 0 Å². The fourth-order valence-electron chi connectivity index (χ4n) is 3.43. The van der Waals surface area contributed by atoms with Crippen molar-refractivity contribution in [3.8, 4) is 0 Å². The Kier molecular flexibility index (Phi) is 12.1. The van der Waals surface area contributed by atoms with E-state index in [-0.39, 0.29) is 24.0 Å². The molecule has 136 valence electrons. The molecule has 0 aliphatic carbocycles. The van der Waals surface area contributed by atoms with Crippen LogP contribution in [0.4, 0.5) is 0 Å². The molecule has 2 aliphatic rings. The van der Waals surface area contributed by atoms with Crippen LogP contribution in [0.3, 0.4) is 0 Å². The molecular formula is C17H36IN5. The molecule has 2 heterocycles. The Morgan fingerprint density at radius 2 is 1.13 bits per heavy atom. The molecule has 0 saturated carbocycles. The number of nitrogens with zero attached hydrogens (tertiary/aromatic N) is 3. The van der Waals surface area contributed by atoms with Gasteiger partial charge in [0.2, 0.25) is 0 Å². The van der Waals surface area contributed by atoms with Crippen molar-refractivity contribution >= 4 is 29.9 Å². The van der Waals surface area contributed by atoms with Gasteiger partial charge < -0.3 is 20.4 Å². The highest BCUT2D eigenvalue weighted by Crippen LogP contribution is 2.08. The van der Waals surface area contributed by atoms with Gasteiger partial charge in [0.05, 0.1) is 0 Å². The second kappa shape index (κ2) is 13.2. The van der Waals surface area contributed by atoms with Gasteiger partial charge in [0, 0.05) is 33.2 Å². The molecule has 0 bridgehead atoms. The molecule has 2 aliphatic heterocycles. The Bertz CT molecular complexity index is 310. The summed E-state index contributed by atoms with van der Waals surface area (Å²) < 4.78 is 0. The van der Waals surface area contributed by atoms with Crippen molar-refractivity contribution in [1.82, 2.24) is 20.4 Å². The monoisotopic (exact) mass is 437 g/mol. The van der Waals surface area contributed by atoms with Crippen LogP contribution < -0.4 is 10.6 Å². The molecule has 2 N–H and O–H groups in total. The van der Waals surface area contributed by atoms with Gasteiger partial charge in [0.25, 0.3) is 0 Å². The number of likely N-dealkylation sites (tertiary alicyclic amines) is 2. The van der Waals surface area contributed by atoms with E-state index in [2.05, 4.69) is 25.4 Å². The predicted octanol–water partition coefficient (Wildman–Crippen LogP) is 2.13. The Morgan fingerprint density at radius 1 is 0.739 bits per heavy atom. The predicted molar refractivity (Wildman–Crippen MR) is 110 cm³/mol. The number of halogens is 1. The lowest BCUT2D eigenvalue weighted by molar-refractivity contribution is 0.232. The van der Waals surface area contributed by atoms with Gasteiger partial charge in [-0.1, -0.05) is 19.3 Å². The van der Waals surface area contributed by atoms with Gasteiger partial charge in [-0.25, -0.2) is 0 Å². The van der Waals surface area contributed by atoms with Crippen molar-refractivity contribution < 1.29 is 0 Å². The summed E-state index contributed by atoms with van der Waals surface area (Å²) in [7, 11) is 1.86. The number of guanidine groups is 1. The van der Waals surface area contributed by atoms with E-state index in [1.807, 2.05) is 7.05 Å². The summed E-state index contributed by atoms with van der Waals surface area (Å²) in [4.78, 5) is 9.47. The van der Waals surface area contributed by atoms with Gasteiger partial charge in [-0.2, -0.15) is 0 Å². The van der Waals surface area contributed by atoms with Crippen LogP contribution in [0.25, 0.3) is 0 Å². The van der Waals surface area contributed by atoms with Crippen LogP contribution in [0, 0.1) is 0 Å². The molecule has 0 atom stereocenters. The zero-order valence-electron chi connectivity index (χ0n) is 14.9. The average Bonchev–Trinajstić information content (AvgIpc) is 2.83. The van der Waals surface area contributed by atoms with Crippen LogP contribution >= 0.6 is 24.0 Å². The summed E-state index contributed by atoms with van der Waals surface area (Å²) in [6.45, 7) is 9.31. The van der Waals surface area contributed by atoms with Gasteiger partial charge in [-0.3, -0.25) is 4.99 Å². The van der Waals surface area contributed by atoms with Crippen LogP contribution in [0.5, 0.6) is 0 Å². The minimum atomic E-state index is 0. The Labute approximate surface area is 159 Å². The maximum absolute atomic E-state index is 4.33. The third kappa shape index (κ3) is 9.10. The van der Waals surface area contributed by atoms with Crippen LogP contribution in [-0.2, 0) is 0 Å². The van der Waals surface area contributed by atoms with Crippen molar-refractivity contribution in [3.63, 3.8) is 0 Å². The molecule has 6 heteroatoms. The fourth-order valence-corrected chi connectivity index (χ4v) is 3.43. The van der Waals surface area contributed by atoms with Crippen molar-refractivity contribution in [2.75, 3.05) is 59.4 Å². The number of piperidine rings is 1. The molecule has 23 heavy (non-hydrogen) atoms. The third-order valence-corrected chi connectivity index (χ3v) is 4.81. The summed E-state index contributed by atoms with van der Waals surface area (Å²) >= 11 is 0. The van der Waals surface area contributed by atoms with Crippen molar-refractivity contribution in [2.45, 2.75) is 44.9 Å². The minimum Gasteiger partial charge on any atom is -0.355 e.